The molecule has 116 valence electrons. The van der Waals surface area contributed by atoms with E-state index >= 15 is 0 Å². The van der Waals surface area contributed by atoms with Crippen molar-refractivity contribution in [3.63, 3.8) is 0 Å². The number of hydrogen-bond donors (Lipinski definition) is 0. The number of allylic oxidation sites excluding steroid dienone is 2. The largest absolute Gasteiger partial charge is 0.495 e. The zero-order chi connectivity index (χ0) is 16.0. The average Bonchev–Trinajstić information content (AvgIpc) is 2.71. The van der Waals surface area contributed by atoms with Crippen LogP contribution in [0.5, 0.6) is 5.75 Å². The molecule has 22 heavy (non-hydrogen) atoms. The highest BCUT2D eigenvalue weighted by Crippen LogP contribution is 2.43. The Morgan fingerprint density at radius 3 is 2.09 bits per heavy atom. The Morgan fingerprint density at radius 2 is 1.64 bits per heavy atom. The number of ether oxygens (including phenoxy) is 1. The summed E-state index contributed by atoms with van der Waals surface area (Å²) in [5.41, 5.74) is 2.96. The standard InChI is InChI=1S/C17H18ClNO3/c1-9-6-12-13(7-10(9)2)17(21)19(16(12)20)11-4-5-15(22-3)14(18)8-11/h4-5,8,12-13H,6-7H2,1-3H3/t12-,13+. The number of fused-ring (bicyclic) bond motifs is 1. The van der Waals surface area contributed by atoms with Crippen molar-refractivity contribution in [1.82, 2.24) is 0 Å². The van der Waals surface area contributed by atoms with Crippen molar-refractivity contribution in [3.05, 3.63) is 34.4 Å². The lowest BCUT2D eigenvalue weighted by Gasteiger charge is -2.23. The van der Waals surface area contributed by atoms with Gasteiger partial charge in [-0.25, -0.2) is 4.90 Å². The molecule has 1 aliphatic carbocycles. The van der Waals surface area contributed by atoms with Crippen molar-refractivity contribution in [2.75, 3.05) is 12.0 Å². The van der Waals surface area contributed by atoms with Gasteiger partial charge in [0.1, 0.15) is 5.75 Å². The lowest BCUT2D eigenvalue weighted by Crippen LogP contribution is -2.30. The van der Waals surface area contributed by atoms with E-state index < -0.39 is 0 Å². The number of amides is 2. The summed E-state index contributed by atoms with van der Waals surface area (Å²) in [7, 11) is 1.53. The summed E-state index contributed by atoms with van der Waals surface area (Å²) < 4.78 is 5.11. The molecule has 3 rings (SSSR count). The smallest absolute Gasteiger partial charge is 0.238 e. The van der Waals surface area contributed by atoms with Crippen molar-refractivity contribution in [2.45, 2.75) is 26.7 Å². The second kappa shape index (κ2) is 5.43. The molecule has 0 N–H and O–H groups in total. The van der Waals surface area contributed by atoms with Gasteiger partial charge in [0.15, 0.2) is 0 Å². The van der Waals surface area contributed by atoms with E-state index in [0.717, 1.165) is 0 Å². The van der Waals surface area contributed by atoms with Crippen LogP contribution < -0.4 is 9.64 Å². The van der Waals surface area contributed by atoms with Crippen LogP contribution in [-0.4, -0.2) is 18.9 Å². The first kappa shape index (κ1) is 15.1. The molecule has 0 bridgehead atoms. The molecule has 0 unspecified atom stereocenters. The van der Waals surface area contributed by atoms with Gasteiger partial charge < -0.3 is 4.74 Å². The molecule has 1 aromatic carbocycles. The van der Waals surface area contributed by atoms with Crippen molar-refractivity contribution >= 4 is 29.1 Å². The van der Waals surface area contributed by atoms with Crippen LogP contribution in [0.2, 0.25) is 5.02 Å². The van der Waals surface area contributed by atoms with E-state index in [1.807, 2.05) is 13.8 Å². The number of rotatable bonds is 2. The normalized spacial score (nSPS) is 24.8. The summed E-state index contributed by atoms with van der Waals surface area (Å²) in [4.78, 5) is 26.6. The number of carbonyl (C=O) groups excluding carboxylic acids is 2. The fourth-order valence-electron chi connectivity index (χ4n) is 3.30. The molecule has 1 aliphatic heterocycles. The summed E-state index contributed by atoms with van der Waals surface area (Å²) >= 11 is 6.12. The number of halogens is 1. The molecule has 0 aromatic heterocycles. The first-order valence-corrected chi connectivity index (χ1v) is 7.68. The van der Waals surface area contributed by atoms with E-state index in [-0.39, 0.29) is 23.7 Å². The molecule has 0 spiro atoms. The van der Waals surface area contributed by atoms with Crippen molar-refractivity contribution < 1.29 is 14.3 Å². The van der Waals surface area contributed by atoms with Crippen LogP contribution in [0.3, 0.4) is 0 Å². The Kier molecular flexibility index (Phi) is 3.73. The molecular formula is C17H18ClNO3. The SMILES string of the molecule is COc1ccc(N2C(=O)[C@H]3CC(C)=C(C)C[C@H]3C2=O)cc1Cl. The Bertz CT molecular complexity index is 663. The second-order valence-corrected chi connectivity index (χ2v) is 6.42. The van der Waals surface area contributed by atoms with Crippen LogP contribution >= 0.6 is 11.6 Å². The summed E-state index contributed by atoms with van der Waals surface area (Å²) in [5.74, 6) is -0.199. The highest BCUT2D eigenvalue weighted by Gasteiger charge is 2.49. The average molecular weight is 320 g/mol. The van der Waals surface area contributed by atoms with E-state index in [2.05, 4.69) is 0 Å². The lowest BCUT2D eigenvalue weighted by molar-refractivity contribution is -0.122. The summed E-state index contributed by atoms with van der Waals surface area (Å²) in [5, 5.41) is 0.390. The van der Waals surface area contributed by atoms with Crippen LogP contribution in [0.1, 0.15) is 26.7 Å². The molecule has 2 aliphatic rings. The molecule has 0 saturated carbocycles. The molecule has 4 nitrogen and oxygen atoms in total. The van der Waals surface area contributed by atoms with E-state index in [1.54, 1.807) is 18.2 Å². The number of imide groups is 1. The number of hydrogen-bond acceptors (Lipinski definition) is 3. The topological polar surface area (TPSA) is 46.6 Å². The Hall–Kier alpha value is -1.81. The van der Waals surface area contributed by atoms with Crippen molar-refractivity contribution in [1.29, 1.82) is 0 Å². The number of carbonyl (C=O) groups is 2. The van der Waals surface area contributed by atoms with Gasteiger partial charge in [-0.2, -0.15) is 0 Å². The van der Waals surface area contributed by atoms with Gasteiger partial charge in [0, 0.05) is 0 Å². The maximum atomic E-state index is 12.7. The molecule has 1 aromatic rings. The van der Waals surface area contributed by atoms with Gasteiger partial charge in [0.25, 0.3) is 0 Å². The molecule has 1 fully saturated rings. The van der Waals surface area contributed by atoms with Crippen LogP contribution in [0.4, 0.5) is 5.69 Å². The fourth-order valence-corrected chi connectivity index (χ4v) is 3.55. The first-order chi connectivity index (χ1) is 10.4. The van der Waals surface area contributed by atoms with Gasteiger partial charge in [0.05, 0.1) is 29.7 Å². The van der Waals surface area contributed by atoms with E-state index in [1.165, 1.54) is 23.2 Å². The van der Waals surface area contributed by atoms with Gasteiger partial charge in [0.2, 0.25) is 11.8 Å². The predicted molar refractivity (Wildman–Crippen MR) is 85.1 cm³/mol. The Balaban J connectivity index is 1.96. The van der Waals surface area contributed by atoms with Crippen LogP contribution in [0, 0.1) is 11.8 Å². The van der Waals surface area contributed by atoms with Crippen LogP contribution in [0.15, 0.2) is 29.3 Å². The number of methoxy groups -OCH3 is 1. The second-order valence-electron chi connectivity index (χ2n) is 6.01. The van der Waals surface area contributed by atoms with E-state index in [0.29, 0.717) is 29.3 Å². The van der Waals surface area contributed by atoms with Crippen molar-refractivity contribution in [2.24, 2.45) is 11.8 Å². The quantitative estimate of drug-likeness (QED) is 0.618. The molecule has 0 radical (unpaired) electrons. The highest BCUT2D eigenvalue weighted by molar-refractivity contribution is 6.33. The number of benzene rings is 1. The zero-order valence-electron chi connectivity index (χ0n) is 12.9. The molecule has 1 heterocycles. The number of anilines is 1. The summed E-state index contributed by atoms with van der Waals surface area (Å²) in [6.07, 6.45) is 1.34. The number of nitrogens with zero attached hydrogens (tertiary/aromatic N) is 1. The Labute approximate surface area is 134 Å². The maximum absolute atomic E-state index is 12.7. The van der Waals surface area contributed by atoms with Gasteiger partial charge in [-0.05, 0) is 44.9 Å². The van der Waals surface area contributed by atoms with Gasteiger partial charge >= 0.3 is 0 Å². The van der Waals surface area contributed by atoms with E-state index in [4.69, 9.17) is 16.3 Å². The monoisotopic (exact) mass is 319 g/mol. The maximum Gasteiger partial charge on any atom is 0.238 e. The molecule has 2 atom stereocenters. The molecule has 5 heteroatoms. The van der Waals surface area contributed by atoms with Gasteiger partial charge in [-0.1, -0.05) is 22.7 Å². The van der Waals surface area contributed by atoms with Gasteiger partial charge in [-0.15, -0.1) is 0 Å². The predicted octanol–water partition coefficient (Wildman–Crippen LogP) is 3.58. The minimum Gasteiger partial charge on any atom is -0.495 e. The van der Waals surface area contributed by atoms with Crippen molar-refractivity contribution in [3.8, 4) is 5.75 Å². The summed E-state index contributed by atoms with van der Waals surface area (Å²) in [6, 6.07) is 4.99. The molecular weight excluding hydrogens is 302 g/mol. The lowest BCUT2D eigenvalue weighted by atomic mass is 9.78. The first-order valence-electron chi connectivity index (χ1n) is 7.30. The fraction of sp³-hybridized carbons (Fsp3) is 0.412. The minimum absolute atomic E-state index is 0.122. The van der Waals surface area contributed by atoms with Gasteiger partial charge in [-0.3, -0.25) is 9.59 Å². The van der Waals surface area contributed by atoms with Crippen LogP contribution in [0.25, 0.3) is 0 Å². The van der Waals surface area contributed by atoms with Crippen LogP contribution in [-0.2, 0) is 9.59 Å². The summed E-state index contributed by atoms with van der Waals surface area (Å²) in [6.45, 7) is 4.08. The molecule has 2 amide bonds. The minimum atomic E-state index is -0.239. The van der Waals surface area contributed by atoms with E-state index in [9.17, 15) is 9.59 Å². The third kappa shape index (κ3) is 2.22. The zero-order valence-corrected chi connectivity index (χ0v) is 13.6. The molecule has 1 saturated heterocycles. The third-order valence-corrected chi connectivity index (χ3v) is 5.03. The highest BCUT2D eigenvalue weighted by atomic mass is 35.5. The Morgan fingerprint density at radius 1 is 1.09 bits per heavy atom. The third-order valence-electron chi connectivity index (χ3n) is 4.74.